The third-order valence-electron chi connectivity index (χ3n) is 4.61. The Morgan fingerprint density at radius 2 is 1.72 bits per heavy atom. The maximum atomic E-state index is 12.8. The van der Waals surface area contributed by atoms with Crippen molar-refractivity contribution in [1.82, 2.24) is 15.4 Å². The third-order valence-corrected chi connectivity index (χ3v) is 4.61. The van der Waals surface area contributed by atoms with Gasteiger partial charge >= 0.3 is 0 Å². The van der Waals surface area contributed by atoms with Gasteiger partial charge in [-0.05, 0) is 49.7 Å². The maximum absolute atomic E-state index is 12.8. The van der Waals surface area contributed by atoms with Crippen molar-refractivity contribution in [3.05, 3.63) is 65.6 Å². The molecule has 0 radical (unpaired) electrons. The fourth-order valence-corrected chi connectivity index (χ4v) is 3.00. The summed E-state index contributed by atoms with van der Waals surface area (Å²) in [6.45, 7) is 4.45. The van der Waals surface area contributed by atoms with Gasteiger partial charge in [-0.15, -0.1) is 0 Å². The summed E-state index contributed by atoms with van der Waals surface area (Å²) in [6, 6.07) is 12.8. The number of benzene rings is 2. The van der Waals surface area contributed by atoms with E-state index in [2.05, 4.69) is 20.5 Å². The van der Waals surface area contributed by atoms with Crippen LogP contribution in [0.15, 0.2) is 53.8 Å². The molecule has 166 valence electrons. The van der Waals surface area contributed by atoms with Crippen molar-refractivity contribution in [2.45, 2.75) is 20.3 Å². The molecule has 1 heterocycles. The summed E-state index contributed by atoms with van der Waals surface area (Å²) in [5.74, 6) is 1.59. The number of hydrogen-bond donors (Lipinski definition) is 1. The fraction of sp³-hybridized carbons (Fsp3) is 0.250. The summed E-state index contributed by atoms with van der Waals surface area (Å²) in [5, 5.41) is 4.06. The molecule has 1 amide bonds. The lowest BCUT2D eigenvalue weighted by molar-refractivity contribution is 0.0948. The molecule has 0 fully saturated rings. The molecular weight excluding hydrogens is 408 g/mol. The summed E-state index contributed by atoms with van der Waals surface area (Å²) >= 11 is 0. The van der Waals surface area contributed by atoms with Gasteiger partial charge in [-0.1, -0.05) is 6.92 Å². The Morgan fingerprint density at radius 3 is 2.31 bits per heavy atom. The summed E-state index contributed by atoms with van der Waals surface area (Å²) in [7, 11) is 3.14. The lowest BCUT2D eigenvalue weighted by Gasteiger charge is -2.09. The quantitative estimate of drug-likeness (QED) is 0.406. The normalized spacial score (nSPS) is 10.8. The number of amides is 1. The number of hydrazone groups is 1. The van der Waals surface area contributed by atoms with E-state index < -0.39 is 5.91 Å². The Kier molecular flexibility index (Phi) is 7.75. The Bertz CT molecular complexity index is 1080. The molecule has 1 aromatic heterocycles. The number of ether oxygens (including phenoxy) is 3. The smallest absolute Gasteiger partial charge is 0.291 e. The van der Waals surface area contributed by atoms with E-state index in [9.17, 15) is 4.79 Å². The van der Waals surface area contributed by atoms with Crippen LogP contribution in [0.25, 0.3) is 11.3 Å². The molecule has 0 aliphatic carbocycles. The molecule has 3 aromatic rings. The molecule has 0 aliphatic heterocycles. The van der Waals surface area contributed by atoms with Crippen LogP contribution in [-0.4, -0.2) is 42.9 Å². The van der Waals surface area contributed by atoms with Gasteiger partial charge in [0.2, 0.25) is 0 Å². The van der Waals surface area contributed by atoms with Gasteiger partial charge in [0.25, 0.3) is 5.91 Å². The van der Waals surface area contributed by atoms with Gasteiger partial charge in [-0.2, -0.15) is 5.10 Å². The van der Waals surface area contributed by atoms with Crippen LogP contribution in [0, 0.1) is 0 Å². The van der Waals surface area contributed by atoms with Crippen molar-refractivity contribution >= 4 is 12.1 Å². The Labute approximate surface area is 187 Å². The van der Waals surface area contributed by atoms with E-state index in [-0.39, 0.29) is 5.69 Å². The first-order valence-electron chi connectivity index (χ1n) is 10.2. The molecule has 3 rings (SSSR count). The zero-order valence-electron chi connectivity index (χ0n) is 18.6. The maximum Gasteiger partial charge on any atom is 0.291 e. The molecular formula is C24H26N4O4. The van der Waals surface area contributed by atoms with Crippen LogP contribution in [0.1, 0.15) is 35.6 Å². The van der Waals surface area contributed by atoms with Gasteiger partial charge in [-0.25, -0.2) is 10.4 Å². The number of nitrogens with one attached hydrogen (secondary N) is 1. The largest absolute Gasteiger partial charge is 0.497 e. The van der Waals surface area contributed by atoms with Crippen molar-refractivity contribution < 1.29 is 19.0 Å². The lowest BCUT2D eigenvalue weighted by Crippen LogP contribution is -2.22. The number of methoxy groups -OCH3 is 2. The SMILES string of the molecule is CCOc1ccc(-c2cnc(CC)c(C(=O)N/N=C/c3cc(OC)cc(OC)c3)n2)cc1. The number of carbonyl (C=O) groups excluding carboxylic acids is 1. The van der Waals surface area contributed by atoms with E-state index in [1.165, 1.54) is 6.21 Å². The molecule has 0 unspecified atom stereocenters. The van der Waals surface area contributed by atoms with Gasteiger partial charge in [0, 0.05) is 17.2 Å². The average Bonchev–Trinajstić information content (AvgIpc) is 2.84. The standard InChI is InChI=1S/C24H26N4O4/c1-5-21-23(27-22(15-25-21)17-7-9-18(10-8-17)32-6-2)24(29)28-26-14-16-11-19(30-3)13-20(12-16)31-4/h7-15H,5-6H2,1-4H3,(H,28,29)/b26-14+. The van der Waals surface area contributed by atoms with E-state index in [0.717, 1.165) is 11.3 Å². The van der Waals surface area contributed by atoms with Crippen molar-refractivity contribution in [2.75, 3.05) is 20.8 Å². The molecule has 0 atom stereocenters. The van der Waals surface area contributed by atoms with Crippen molar-refractivity contribution in [2.24, 2.45) is 5.10 Å². The zero-order valence-corrected chi connectivity index (χ0v) is 18.6. The highest BCUT2D eigenvalue weighted by atomic mass is 16.5. The second kappa shape index (κ2) is 10.9. The van der Waals surface area contributed by atoms with Crippen molar-refractivity contribution in [3.63, 3.8) is 0 Å². The highest BCUT2D eigenvalue weighted by Gasteiger charge is 2.15. The van der Waals surface area contributed by atoms with E-state index in [1.807, 2.05) is 38.1 Å². The van der Waals surface area contributed by atoms with Gasteiger partial charge in [0.15, 0.2) is 5.69 Å². The van der Waals surface area contributed by atoms with Gasteiger partial charge in [0.05, 0.1) is 44.6 Å². The Hall–Kier alpha value is -3.94. The Morgan fingerprint density at radius 1 is 1.03 bits per heavy atom. The average molecular weight is 434 g/mol. The van der Waals surface area contributed by atoms with Crippen LogP contribution in [-0.2, 0) is 6.42 Å². The Balaban J connectivity index is 1.79. The first-order valence-corrected chi connectivity index (χ1v) is 10.2. The minimum atomic E-state index is -0.437. The van der Waals surface area contributed by atoms with E-state index in [1.54, 1.807) is 38.6 Å². The molecule has 0 saturated heterocycles. The summed E-state index contributed by atoms with van der Waals surface area (Å²) in [5.41, 5.74) is 5.50. The number of aryl methyl sites for hydroxylation is 1. The molecule has 32 heavy (non-hydrogen) atoms. The zero-order chi connectivity index (χ0) is 22.9. The second-order valence-electron chi connectivity index (χ2n) is 6.71. The molecule has 0 aliphatic rings. The molecule has 1 N–H and O–H groups in total. The number of hydrogen-bond acceptors (Lipinski definition) is 7. The first kappa shape index (κ1) is 22.7. The molecule has 0 bridgehead atoms. The summed E-state index contributed by atoms with van der Waals surface area (Å²) in [6.07, 6.45) is 3.74. The molecule has 8 nitrogen and oxygen atoms in total. The molecule has 8 heteroatoms. The molecule has 0 spiro atoms. The third kappa shape index (κ3) is 5.60. The van der Waals surface area contributed by atoms with Crippen molar-refractivity contribution in [3.8, 4) is 28.5 Å². The van der Waals surface area contributed by atoms with Crippen LogP contribution in [0.5, 0.6) is 17.2 Å². The van der Waals surface area contributed by atoms with Crippen LogP contribution >= 0.6 is 0 Å². The highest BCUT2D eigenvalue weighted by Crippen LogP contribution is 2.22. The molecule has 2 aromatic carbocycles. The summed E-state index contributed by atoms with van der Waals surface area (Å²) < 4.78 is 16.0. The van der Waals surface area contributed by atoms with E-state index >= 15 is 0 Å². The summed E-state index contributed by atoms with van der Waals surface area (Å²) in [4.78, 5) is 21.8. The lowest BCUT2D eigenvalue weighted by atomic mass is 10.1. The van der Waals surface area contributed by atoms with Gasteiger partial charge < -0.3 is 14.2 Å². The topological polar surface area (TPSA) is 94.9 Å². The minimum absolute atomic E-state index is 0.235. The molecule has 0 saturated carbocycles. The minimum Gasteiger partial charge on any atom is -0.497 e. The second-order valence-corrected chi connectivity index (χ2v) is 6.71. The van der Waals surface area contributed by atoms with E-state index in [0.29, 0.717) is 41.5 Å². The number of rotatable bonds is 9. The van der Waals surface area contributed by atoms with Crippen LogP contribution in [0.2, 0.25) is 0 Å². The monoisotopic (exact) mass is 434 g/mol. The first-order chi connectivity index (χ1) is 15.6. The predicted molar refractivity (Wildman–Crippen MR) is 123 cm³/mol. The fourth-order valence-electron chi connectivity index (χ4n) is 3.00. The number of aromatic nitrogens is 2. The van der Waals surface area contributed by atoms with Gasteiger partial charge in [-0.3, -0.25) is 9.78 Å². The van der Waals surface area contributed by atoms with Crippen LogP contribution in [0.4, 0.5) is 0 Å². The number of carbonyl (C=O) groups is 1. The van der Waals surface area contributed by atoms with Gasteiger partial charge in [0.1, 0.15) is 17.2 Å². The van der Waals surface area contributed by atoms with Crippen LogP contribution in [0.3, 0.4) is 0 Å². The highest BCUT2D eigenvalue weighted by molar-refractivity contribution is 5.94. The van der Waals surface area contributed by atoms with E-state index in [4.69, 9.17) is 14.2 Å². The van der Waals surface area contributed by atoms with Crippen LogP contribution < -0.4 is 19.6 Å². The predicted octanol–water partition coefficient (Wildman–Crippen LogP) is 3.89. The number of nitrogens with zero attached hydrogens (tertiary/aromatic N) is 3. The van der Waals surface area contributed by atoms with Crippen molar-refractivity contribution in [1.29, 1.82) is 0 Å².